The van der Waals surface area contributed by atoms with Crippen molar-refractivity contribution in [3.8, 4) is 11.3 Å². The highest BCUT2D eigenvalue weighted by atomic mass is 16.4. The monoisotopic (exact) mass is 204 g/mol. The van der Waals surface area contributed by atoms with E-state index in [9.17, 15) is 4.79 Å². The van der Waals surface area contributed by atoms with E-state index in [1.165, 1.54) is 18.4 Å². The Morgan fingerprint density at radius 1 is 1.47 bits per heavy atom. The molecule has 0 amide bonds. The number of nitrogen functional groups attached to an aromatic ring is 1. The number of hydrogen-bond acceptors (Lipinski definition) is 4. The number of carboxylic acids is 1. The van der Waals surface area contributed by atoms with E-state index in [1.54, 1.807) is 12.1 Å². The Bertz CT molecular complexity index is 505. The molecule has 2 rings (SSSR count). The van der Waals surface area contributed by atoms with Crippen molar-refractivity contribution >= 4 is 12.0 Å². The van der Waals surface area contributed by atoms with E-state index < -0.39 is 5.97 Å². The van der Waals surface area contributed by atoms with Gasteiger partial charge >= 0.3 is 5.97 Å². The molecule has 0 saturated carbocycles. The van der Waals surface area contributed by atoms with E-state index in [2.05, 4.69) is 4.98 Å². The Morgan fingerprint density at radius 2 is 2.27 bits per heavy atom. The maximum absolute atomic E-state index is 10.7. The van der Waals surface area contributed by atoms with Crippen LogP contribution in [0.25, 0.3) is 11.3 Å². The van der Waals surface area contributed by atoms with Gasteiger partial charge in [-0.1, -0.05) is 12.1 Å². The second-order valence-electron chi connectivity index (χ2n) is 2.96. The molecular weight excluding hydrogens is 196 g/mol. The smallest absolute Gasteiger partial charge is 0.335 e. The quantitative estimate of drug-likeness (QED) is 0.775. The first-order chi connectivity index (χ1) is 7.16. The van der Waals surface area contributed by atoms with Crippen molar-refractivity contribution in [2.75, 3.05) is 5.73 Å². The van der Waals surface area contributed by atoms with Crippen LogP contribution in [0.1, 0.15) is 10.4 Å². The van der Waals surface area contributed by atoms with Gasteiger partial charge in [0.25, 0.3) is 6.01 Å². The summed E-state index contributed by atoms with van der Waals surface area (Å²) in [4.78, 5) is 14.6. The molecule has 0 aliphatic carbocycles. The van der Waals surface area contributed by atoms with E-state index in [0.29, 0.717) is 11.3 Å². The van der Waals surface area contributed by atoms with Gasteiger partial charge in [-0.05, 0) is 12.1 Å². The van der Waals surface area contributed by atoms with Crippen LogP contribution in [0.2, 0.25) is 0 Å². The molecule has 76 valence electrons. The number of carboxylic acid groups (broad SMARTS) is 1. The summed E-state index contributed by atoms with van der Waals surface area (Å²) in [5.41, 5.74) is 6.71. The fourth-order valence-electron chi connectivity index (χ4n) is 1.23. The van der Waals surface area contributed by atoms with E-state index in [4.69, 9.17) is 15.3 Å². The maximum atomic E-state index is 10.7. The van der Waals surface area contributed by atoms with Crippen LogP contribution in [0, 0.1) is 0 Å². The predicted octanol–water partition coefficient (Wildman–Crippen LogP) is 1.62. The average molecular weight is 204 g/mol. The molecule has 0 bridgehead atoms. The Kier molecular flexibility index (Phi) is 2.13. The SMILES string of the molecule is Nc1nc(-c2cccc(C(=O)O)c2)co1. The molecular formula is C10H8N2O3. The van der Waals surface area contributed by atoms with Crippen molar-refractivity contribution in [3.63, 3.8) is 0 Å². The first-order valence-corrected chi connectivity index (χ1v) is 4.21. The Labute approximate surface area is 85.2 Å². The van der Waals surface area contributed by atoms with Crippen LogP contribution in [0.3, 0.4) is 0 Å². The lowest BCUT2D eigenvalue weighted by atomic mass is 10.1. The van der Waals surface area contributed by atoms with Crippen LogP contribution >= 0.6 is 0 Å². The van der Waals surface area contributed by atoms with Gasteiger partial charge in [0, 0.05) is 5.56 Å². The number of rotatable bonds is 2. The van der Waals surface area contributed by atoms with Crippen LogP contribution in [0.15, 0.2) is 34.9 Å². The lowest BCUT2D eigenvalue weighted by Gasteiger charge is -1.97. The van der Waals surface area contributed by atoms with Gasteiger partial charge in [0.1, 0.15) is 12.0 Å². The number of oxazole rings is 1. The van der Waals surface area contributed by atoms with Crippen molar-refractivity contribution in [2.24, 2.45) is 0 Å². The van der Waals surface area contributed by atoms with Gasteiger partial charge in [-0.2, -0.15) is 4.98 Å². The van der Waals surface area contributed by atoms with Crippen molar-refractivity contribution in [3.05, 3.63) is 36.1 Å². The van der Waals surface area contributed by atoms with Gasteiger partial charge in [0.2, 0.25) is 0 Å². The van der Waals surface area contributed by atoms with Gasteiger partial charge < -0.3 is 15.3 Å². The minimum absolute atomic E-state index is 0.0609. The predicted molar refractivity (Wildman–Crippen MR) is 53.3 cm³/mol. The minimum Gasteiger partial charge on any atom is -0.478 e. The highest BCUT2D eigenvalue weighted by Crippen LogP contribution is 2.20. The third kappa shape index (κ3) is 1.80. The number of aromatic carboxylic acids is 1. The van der Waals surface area contributed by atoms with Gasteiger partial charge in [0.15, 0.2) is 0 Å². The summed E-state index contributed by atoms with van der Waals surface area (Å²) in [6.07, 6.45) is 1.39. The first kappa shape index (κ1) is 9.26. The highest BCUT2D eigenvalue weighted by molar-refractivity contribution is 5.89. The van der Waals surface area contributed by atoms with Crippen LogP contribution < -0.4 is 5.73 Å². The molecule has 0 atom stereocenters. The summed E-state index contributed by atoms with van der Waals surface area (Å²) < 4.78 is 4.84. The molecule has 1 aromatic carbocycles. The van der Waals surface area contributed by atoms with Gasteiger partial charge in [0.05, 0.1) is 5.56 Å². The molecule has 0 aliphatic rings. The summed E-state index contributed by atoms with van der Waals surface area (Å²) in [7, 11) is 0. The highest BCUT2D eigenvalue weighted by Gasteiger charge is 2.07. The summed E-state index contributed by atoms with van der Waals surface area (Å²) in [5, 5.41) is 8.79. The number of nitrogens with zero attached hydrogens (tertiary/aromatic N) is 1. The summed E-state index contributed by atoms with van der Waals surface area (Å²) in [5.74, 6) is -0.978. The lowest BCUT2D eigenvalue weighted by molar-refractivity contribution is 0.0697. The molecule has 5 nitrogen and oxygen atoms in total. The second-order valence-corrected chi connectivity index (χ2v) is 2.96. The number of hydrogen-bond donors (Lipinski definition) is 2. The normalized spacial score (nSPS) is 10.1. The summed E-state index contributed by atoms with van der Waals surface area (Å²) in [6, 6.07) is 6.47. The molecule has 1 heterocycles. The van der Waals surface area contributed by atoms with Crippen molar-refractivity contribution in [2.45, 2.75) is 0 Å². The van der Waals surface area contributed by atoms with E-state index in [-0.39, 0.29) is 11.6 Å². The van der Waals surface area contributed by atoms with Gasteiger partial charge in [-0.15, -0.1) is 0 Å². The molecule has 0 spiro atoms. The zero-order chi connectivity index (χ0) is 10.8. The Hall–Kier alpha value is -2.30. The number of anilines is 1. The number of benzene rings is 1. The molecule has 15 heavy (non-hydrogen) atoms. The van der Waals surface area contributed by atoms with Crippen LogP contribution in [0.5, 0.6) is 0 Å². The minimum atomic E-state index is -0.978. The summed E-state index contributed by atoms with van der Waals surface area (Å²) >= 11 is 0. The van der Waals surface area contributed by atoms with E-state index in [0.717, 1.165) is 0 Å². The van der Waals surface area contributed by atoms with Crippen LogP contribution in [-0.4, -0.2) is 16.1 Å². The summed E-state index contributed by atoms with van der Waals surface area (Å²) in [6.45, 7) is 0. The fraction of sp³-hybridized carbons (Fsp3) is 0. The molecule has 0 fully saturated rings. The zero-order valence-corrected chi connectivity index (χ0v) is 7.68. The Morgan fingerprint density at radius 3 is 2.87 bits per heavy atom. The standard InChI is InChI=1S/C10H8N2O3/c11-10-12-8(5-15-10)6-2-1-3-7(4-6)9(13)14/h1-5H,(H2,11,12)(H,13,14). The fourth-order valence-corrected chi connectivity index (χ4v) is 1.23. The van der Waals surface area contributed by atoms with Crippen molar-refractivity contribution in [1.82, 2.24) is 4.98 Å². The lowest BCUT2D eigenvalue weighted by Crippen LogP contribution is -1.95. The second kappa shape index (κ2) is 3.45. The molecule has 5 heteroatoms. The third-order valence-corrected chi connectivity index (χ3v) is 1.93. The van der Waals surface area contributed by atoms with Crippen molar-refractivity contribution < 1.29 is 14.3 Å². The van der Waals surface area contributed by atoms with E-state index >= 15 is 0 Å². The molecule has 0 radical (unpaired) electrons. The topological polar surface area (TPSA) is 89.3 Å². The zero-order valence-electron chi connectivity index (χ0n) is 7.68. The van der Waals surface area contributed by atoms with Gasteiger partial charge in [-0.25, -0.2) is 4.79 Å². The van der Waals surface area contributed by atoms with E-state index in [1.807, 2.05) is 0 Å². The number of nitrogens with two attached hydrogens (primary N) is 1. The van der Waals surface area contributed by atoms with Crippen molar-refractivity contribution in [1.29, 1.82) is 0 Å². The molecule has 0 unspecified atom stereocenters. The number of aromatic nitrogens is 1. The van der Waals surface area contributed by atoms with Crippen LogP contribution in [-0.2, 0) is 0 Å². The average Bonchev–Trinajstić information content (AvgIpc) is 2.65. The Balaban J connectivity index is 2.45. The number of carbonyl (C=O) groups is 1. The van der Waals surface area contributed by atoms with Gasteiger partial charge in [-0.3, -0.25) is 0 Å². The molecule has 3 N–H and O–H groups in total. The first-order valence-electron chi connectivity index (χ1n) is 4.21. The largest absolute Gasteiger partial charge is 0.478 e. The maximum Gasteiger partial charge on any atom is 0.335 e. The molecule has 0 aliphatic heterocycles. The molecule has 0 saturated heterocycles. The van der Waals surface area contributed by atoms with Crippen LogP contribution in [0.4, 0.5) is 6.01 Å². The molecule has 2 aromatic rings. The third-order valence-electron chi connectivity index (χ3n) is 1.93. The molecule has 1 aromatic heterocycles.